The number of nitrogens with one attached hydrogen (secondary N) is 1. The average molecular weight is 498 g/mol. The van der Waals surface area contributed by atoms with Gasteiger partial charge in [-0.15, -0.1) is 13.2 Å². The number of carbonyl (C=O) groups is 1. The van der Waals surface area contributed by atoms with Gasteiger partial charge in [-0.05, 0) is 61.8 Å². The Kier molecular flexibility index (Phi) is 4.80. The van der Waals surface area contributed by atoms with Crippen molar-refractivity contribution < 1.29 is 32.5 Å². The van der Waals surface area contributed by atoms with Crippen molar-refractivity contribution >= 4 is 17.5 Å². The van der Waals surface area contributed by atoms with Gasteiger partial charge in [-0.2, -0.15) is 5.10 Å². The molecule has 4 aliphatic carbocycles. The van der Waals surface area contributed by atoms with Gasteiger partial charge in [-0.1, -0.05) is 11.6 Å². The molecule has 0 unspecified atom stereocenters. The molecule has 2 N–H and O–H groups in total. The molecule has 4 fully saturated rings. The van der Waals surface area contributed by atoms with Gasteiger partial charge in [0.1, 0.15) is 5.75 Å². The summed E-state index contributed by atoms with van der Waals surface area (Å²) in [6.07, 6.45) is -0.318. The highest BCUT2D eigenvalue weighted by Gasteiger charge is 2.70. The summed E-state index contributed by atoms with van der Waals surface area (Å²) in [6, 6.07) is 4.96. The Morgan fingerprint density at radius 2 is 2.00 bits per heavy atom. The van der Waals surface area contributed by atoms with Gasteiger partial charge in [0.25, 0.3) is 5.91 Å². The molecule has 2 bridgehead atoms. The Morgan fingerprint density at radius 3 is 2.71 bits per heavy atom. The number of benzene rings is 1. The molecule has 2 aromatic rings. The van der Waals surface area contributed by atoms with E-state index in [1.165, 1.54) is 0 Å². The van der Waals surface area contributed by atoms with Crippen LogP contribution in [0.4, 0.5) is 13.2 Å². The summed E-state index contributed by atoms with van der Waals surface area (Å²) in [5.74, 6) is 0.231. The molecular weight excluding hydrogens is 475 g/mol. The van der Waals surface area contributed by atoms with Crippen LogP contribution >= 0.6 is 11.6 Å². The van der Waals surface area contributed by atoms with Crippen LogP contribution in [0.15, 0.2) is 30.6 Å². The minimum absolute atomic E-state index is 0.0229. The summed E-state index contributed by atoms with van der Waals surface area (Å²) in [5.41, 5.74) is 1.04. The van der Waals surface area contributed by atoms with Crippen molar-refractivity contribution in [3.8, 4) is 5.75 Å². The fourth-order valence-corrected chi connectivity index (χ4v) is 6.14. The first kappa shape index (κ1) is 22.2. The topological polar surface area (TPSA) is 85.6 Å². The first-order valence-electron chi connectivity index (χ1n) is 11.3. The molecule has 0 saturated heterocycles. The van der Waals surface area contributed by atoms with E-state index in [0.717, 1.165) is 24.8 Å². The average Bonchev–Trinajstić information content (AvgIpc) is 3.14. The summed E-state index contributed by atoms with van der Waals surface area (Å²) in [7, 11) is 0. The van der Waals surface area contributed by atoms with Crippen molar-refractivity contribution in [1.82, 2.24) is 15.1 Å². The molecule has 0 spiro atoms. The fraction of sp³-hybridized carbons (Fsp3) is 0.565. The number of nitrogens with zero attached hydrogens (tertiary/aromatic N) is 2. The number of hydrogen-bond acceptors (Lipinski definition) is 5. The van der Waals surface area contributed by atoms with E-state index in [-0.39, 0.29) is 29.3 Å². The van der Waals surface area contributed by atoms with Crippen LogP contribution in [0.1, 0.15) is 61.7 Å². The maximum absolute atomic E-state index is 12.9. The number of ether oxygens (including phenoxy) is 2. The summed E-state index contributed by atoms with van der Waals surface area (Å²) in [4.78, 5) is 12.9. The SMILES string of the molecule is O=C(NC12CC(n3cc(C4CC(OC(F)(F)F)C4)cn3)(C1)C2)[C@H]1C[C@@H](O)c2cc(Cl)ccc2O1. The van der Waals surface area contributed by atoms with Crippen LogP contribution in [0, 0.1) is 0 Å². The number of aliphatic hydroxyl groups excluding tert-OH is 1. The number of hydrogen-bond donors (Lipinski definition) is 2. The highest BCUT2D eigenvalue weighted by molar-refractivity contribution is 6.30. The number of rotatable bonds is 5. The second-order valence-electron chi connectivity index (χ2n) is 10.1. The Balaban J connectivity index is 1.03. The van der Waals surface area contributed by atoms with Gasteiger partial charge < -0.3 is 15.2 Å². The van der Waals surface area contributed by atoms with Gasteiger partial charge in [-0.25, -0.2) is 0 Å². The maximum Gasteiger partial charge on any atom is 0.522 e. The first-order valence-corrected chi connectivity index (χ1v) is 11.7. The third kappa shape index (κ3) is 3.67. The molecule has 2 atom stereocenters. The van der Waals surface area contributed by atoms with Crippen molar-refractivity contribution in [3.63, 3.8) is 0 Å². The predicted octanol–water partition coefficient (Wildman–Crippen LogP) is 3.95. The van der Waals surface area contributed by atoms with Crippen molar-refractivity contribution in [2.24, 2.45) is 0 Å². The standard InChI is InChI=1S/C23H23ClF3N3O4/c24-14-1-2-18-16(5-14)17(31)6-19(33-18)20(32)29-21-9-22(10-21,11-21)30-8-13(7-28-30)12-3-15(4-12)34-23(25,26)27/h1-2,5,7-8,12,15,17,19,31H,3-4,6,9-11H2,(H,29,32)/t12?,15?,17-,19-,21?,22?/m1/s1. The minimum Gasteiger partial charge on any atom is -0.480 e. The number of fused-ring (bicyclic) bond motifs is 1. The molecule has 11 heteroatoms. The largest absolute Gasteiger partial charge is 0.522 e. The highest BCUT2D eigenvalue weighted by Crippen LogP contribution is 2.65. The van der Waals surface area contributed by atoms with E-state index >= 15 is 0 Å². The molecule has 5 aliphatic rings. The number of carbonyl (C=O) groups excluding carboxylic acids is 1. The van der Waals surface area contributed by atoms with Crippen LogP contribution in [-0.2, 0) is 15.1 Å². The lowest BCUT2D eigenvalue weighted by molar-refractivity contribution is -0.351. The smallest absolute Gasteiger partial charge is 0.480 e. The zero-order chi connectivity index (χ0) is 23.9. The molecule has 2 heterocycles. The molecule has 7 rings (SSSR count). The Bertz CT molecular complexity index is 1130. The summed E-state index contributed by atoms with van der Waals surface area (Å²) in [6.45, 7) is 0. The number of aliphatic hydroxyl groups is 1. The van der Waals surface area contributed by atoms with Crippen molar-refractivity contribution in [2.45, 2.75) is 80.2 Å². The first-order chi connectivity index (χ1) is 16.0. The maximum atomic E-state index is 12.9. The number of aromatic nitrogens is 2. The Morgan fingerprint density at radius 1 is 1.26 bits per heavy atom. The third-order valence-electron chi connectivity index (χ3n) is 7.68. The van der Waals surface area contributed by atoms with E-state index in [2.05, 4.69) is 15.2 Å². The highest BCUT2D eigenvalue weighted by atomic mass is 35.5. The van der Waals surface area contributed by atoms with Crippen LogP contribution in [0.5, 0.6) is 5.75 Å². The lowest BCUT2D eigenvalue weighted by Crippen LogP contribution is -2.79. The molecule has 1 aromatic heterocycles. The molecule has 182 valence electrons. The molecular formula is C23H23ClF3N3O4. The van der Waals surface area contributed by atoms with Gasteiger partial charge in [-0.3, -0.25) is 14.2 Å². The van der Waals surface area contributed by atoms with E-state index in [1.807, 2.05) is 10.9 Å². The van der Waals surface area contributed by atoms with Gasteiger partial charge >= 0.3 is 6.36 Å². The Hall–Kier alpha value is -2.30. The van der Waals surface area contributed by atoms with Gasteiger partial charge in [0.05, 0.1) is 23.9 Å². The van der Waals surface area contributed by atoms with Gasteiger partial charge in [0.15, 0.2) is 6.10 Å². The van der Waals surface area contributed by atoms with Crippen LogP contribution in [0.2, 0.25) is 5.02 Å². The lowest BCUT2D eigenvalue weighted by Gasteiger charge is -2.70. The zero-order valence-electron chi connectivity index (χ0n) is 18.0. The van der Waals surface area contributed by atoms with Gasteiger partial charge in [0, 0.05) is 28.7 Å². The monoisotopic (exact) mass is 497 g/mol. The Labute approximate surface area is 198 Å². The summed E-state index contributed by atoms with van der Waals surface area (Å²) >= 11 is 5.98. The van der Waals surface area contributed by atoms with Crippen molar-refractivity contribution in [1.29, 1.82) is 0 Å². The molecule has 1 amide bonds. The second-order valence-corrected chi connectivity index (χ2v) is 10.6. The number of alkyl halides is 3. The molecule has 4 saturated carbocycles. The van der Waals surface area contributed by atoms with Crippen LogP contribution < -0.4 is 10.1 Å². The minimum atomic E-state index is -4.59. The number of halogens is 4. The van der Waals surface area contributed by atoms with E-state index in [4.69, 9.17) is 16.3 Å². The van der Waals surface area contributed by atoms with Crippen molar-refractivity contribution in [3.05, 3.63) is 46.7 Å². The van der Waals surface area contributed by atoms with Gasteiger partial charge in [0.2, 0.25) is 0 Å². The van der Waals surface area contributed by atoms with Crippen molar-refractivity contribution in [2.75, 3.05) is 0 Å². The van der Waals surface area contributed by atoms with Crippen LogP contribution in [0.25, 0.3) is 0 Å². The second kappa shape index (κ2) is 7.35. The van der Waals surface area contributed by atoms with Crippen LogP contribution in [-0.4, -0.2) is 44.9 Å². The normalized spacial score (nSPS) is 35.8. The molecule has 7 nitrogen and oxygen atoms in total. The fourth-order valence-electron chi connectivity index (χ4n) is 5.96. The van der Waals surface area contributed by atoms with E-state index < -0.39 is 24.7 Å². The van der Waals surface area contributed by atoms with Crippen LogP contribution in [0.3, 0.4) is 0 Å². The number of amides is 1. The summed E-state index contributed by atoms with van der Waals surface area (Å²) in [5, 5.41) is 18.5. The quantitative estimate of drug-likeness (QED) is 0.653. The molecule has 1 aromatic carbocycles. The van der Waals surface area contributed by atoms with E-state index in [1.54, 1.807) is 24.4 Å². The van der Waals surface area contributed by atoms with E-state index in [0.29, 0.717) is 29.2 Å². The third-order valence-corrected chi connectivity index (χ3v) is 7.91. The van der Waals surface area contributed by atoms with E-state index in [9.17, 15) is 23.1 Å². The zero-order valence-corrected chi connectivity index (χ0v) is 18.8. The molecule has 34 heavy (non-hydrogen) atoms. The molecule has 0 radical (unpaired) electrons. The lowest BCUT2D eigenvalue weighted by atomic mass is 9.44. The molecule has 1 aliphatic heterocycles. The predicted molar refractivity (Wildman–Crippen MR) is 113 cm³/mol. The summed E-state index contributed by atoms with van der Waals surface area (Å²) < 4.78 is 48.8.